The van der Waals surface area contributed by atoms with Gasteiger partial charge < -0.3 is 14.8 Å². The van der Waals surface area contributed by atoms with E-state index in [0.717, 1.165) is 10.4 Å². The summed E-state index contributed by atoms with van der Waals surface area (Å²) >= 11 is 0. The highest BCUT2D eigenvalue weighted by Gasteiger charge is 2.25. The van der Waals surface area contributed by atoms with Gasteiger partial charge in [-0.25, -0.2) is 17.5 Å². The predicted molar refractivity (Wildman–Crippen MR) is 73.4 cm³/mol. The molecule has 0 radical (unpaired) electrons. The third kappa shape index (κ3) is 4.05. The summed E-state index contributed by atoms with van der Waals surface area (Å²) in [5.74, 6) is -2.17. The topological polar surface area (TPSA) is 117 Å². The number of rotatable bonds is 7. The third-order valence-corrected chi connectivity index (χ3v) is 4.41. The smallest absolute Gasteiger partial charge is 0.326 e. The van der Waals surface area contributed by atoms with Crippen molar-refractivity contribution >= 4 is 21.9 Å². The van der Waals surface area contributed by atoms with Gasteiger partial charge in [0.15, 0.2) is 5.76 Å². The van der Waals surface area contributed by atoms with Gasteiger partial charge in [-0.15, -0.1) is 0 Å². The number of nitrogens with one attached hydrogen (secondary N) is 1. The van der Waals surface area contributed by atoms with Crippen LogP contribution in [0.25, 0.3) is 0 Å². The number of carbonyl (C=O) groups excluding carboxylic acids is 1. The van der Waals surface area contributed by atoms with E-state index >= 15 is 0 Å². The average molecular weight is 318 g/mol. The maximum absolute atomic E-state index is 11.9. The second-order valence-electron chi connectivity index (χ2n) is 4.56. The van der Waals surface area contributed by atoms with Crippen LogP contribution in [0, 0.1) is 0 Å². The number of carboxylic acid groups (broad SMARTS) is 1. The Morgan fingerprint density at radius 1 is 1.38 bits per heavy atom. The number of sulfonamides is 1. The minimum atomic E-state index is -3.77. The highest BCUT2D eigenvalue weighted by atomic mass is 32.2. The molecule has 8 nitrogen and oxygen atoms in total. The standard InChI is InChI=1S/C12H18N2O6S/c1-4-5-8(12(16)17)13-11(15)9-6-7-10(20-9)21(18,19)14(2)3/h6-8H,4-5H2,1-3H3,(H,13,15)(H,16,17)/t8-/m1/s1. The molecule has 0 spiro atoms. The Morgan fingerprint density at radius 2 is 2.00 bits per heavy atom. The normalized spacial score (nSPS) is 13.1. The zero-order chi connectivity index (χ0) is 16.2. The second-order valence-corrected chi connectivity index (χ2v) is 6.64. The van der Waals surface area contributed by atoms with Crippen LogP contribution in [0.1, 0.15) is 30.3 Å². The molecule has 1 aromatic heterocycles. The van der Waals surface area contributed by atoms with Crippen molar-refractivity contribution in [3.63, 3.8) is 0 Å². The number of hydrogen-bond acceptors (Lipinski definition) is 5. The first-order valence-electron chi connectivity index (χ1n) is 6.26. The van der Waals surface area contributed by atoms with Gasteiger partial charge in [-0.1, -0.05) is 13.3 Å². The number of carboxylic acids is 1. The Hall–Kier alpha value is -1.87. The zero-order valence-corrected chi connectivity index (χ0v) is 12.8. The van der Waals surface area contributed by atoms with Crippen molar-refractivity contribution < 1.29 is 27.5 Å². The van der Waals surface area contributed by atoms with Crippen molar-refractivity contribution in [2.45, 2.75) is 30.9 Å². The van der Waals surface area contributed by atoms with E-state index in [1.165, 1.54) is 20.2 Å². The first kappa shape index (κ1) is 17.2. The Kier molecular flexibility index (Phi) is 5.50. The van der Waals surface area contributed by atoms with Crippen molar-refractivity contribution in [2.75, 3.05) is 14.1 Å². The van der Waals surface area contributed by atoms with Gasteiger partial charge in [0.25, 0.3) is 15.9 Å². The van der Waals surface area contributed by atoms with Gasteiger partial charge >= 0.3 is 5.97 Å². The summed E-state index contributed by atoms with van der Waals surface area (Å²) in [6, 6.07) is 1.30. The molecule has 0 unspecified atom stereocenters. The van der Waals surface area contributed by atoms with Gasteiger partial charge in [-0.05, 0) is 18.6 Å². The molecule has 21 heavy (non-hydrogen) atoms. The molecule has 0 aliphatic carbocycles. The fraction of sp³-hybridized carbons (Fsp3) is 0.500. The van der Waals surface area contributed by atoms with Crippen LogP contribution in [0.5, 0.6) is 0 Å². The summed E-state index contributed by atoms with van der Waals surface area (Å²) in [6.45, 7) is 1.79. The molecule has 1 atom stereocenters. The summed E-state index contributed by atoms with van der Waals surface area (Å²) < 4.78 is 29.6. The summed E-state index contributed by atoms with van der Waals surface area (Å²) in [6.07, 6.45) is 0.848. The van der Waals surface area contributed by atoms with E-state index in [-0.39, 0.29) is 17.3 Å². The minimum absolute atomic E-state index is 0.252. The van der Waals surface area contributed by atoms with E-state index in [0.29, 0.717) is 6.42 Å². The first-order valence-corrected chi connectivity index (χ1v) is 7.70. The van der Waals surface area contributed by atoms with Crippen LogP contribution in [0.2, 0.25) is 0 Å². The van der Waals surface area contributed by atoms with Crippen molar-refractivity contribution in [1.29, 1.82) is 0 Å². The Morgan fingerprint density at radius 3 is 2.48 bits per heavy atom. The van der Waals surface area contributed by atoms with Crippen molar-refractivity contribution in [1.82, 2.24) is 9.62 Å². The van der Waals surface area contributed by atoms with Crippen LogP contribution in [0.3, 0.4) is 0 Å². The molecule has 2 N–H and O–H groups in total. The highest BCUT2D eigenvalue weighted by molar-refractivity contribution is 7.88. The SMILES string of the molecule is CCC[C@@H](NC(=O)c1ccc(S(=O)(=O)N(C)C)o1)C(=O)O. The molecular formula is C12H18N2O6S. The van der Waals surface area contributed by atoms with Gasteiger partial charge in [0.2, 0.25) is 5.09 Å². The fourth-order valence-corrected chi connectivity index (χ4v) is 2.33. The minimum Gasteiger partial charge on any atom is -0.480 e. The van der Waals surface area contributed by atoms with E-state index < -0.39 is 27.9 Å². The number of carbonyl (C=O) groups is 2. The number of aliphatic carboxylic acids is 1. The molecule has 9 heteroatoms. The van der Waals surface area contributed by atoms with Gasteiger partial charge in [0.05, 0.1) is 0 Å². The van der Waals surface area contributed by atoms with Crippen LogP contribution >= 0.6 is 0 Å². The van der Waals surface area contributed by atoms with E-state index in [4.69, 9.17) is 9.52 Å². The highest BCUT2D eigenvalue weighted by Crippen LogP contribution is 2.17. The molecule has 1 aromatic rings. The molecule has 1 heterocycles. The average Bonchev–Trinajstić information content (AvgIpc) is 2.87. The predicted octanol–water partition coefficient (Wildman–Crippen LogP) is 0.513. The first-order chi connectivity index (χ1) is 9.70. The van der Waals surface area contributed by atoms with Gasteiger partial charge in [-0.3, -0.25) is 4.79 Å². The molecule has 0 aliphatic rings. The molecular weight excluding hydrogens is 300 g/mol. The number of amides is 1. The van der Waals surface area contributed by atoms with Crippen LogP contribution < -0.4 is 5.32 Å². The number of nitrogens with zero attached hydrogens (tertiary/aromatic N) is 1. The lowest BCUT2D eigenvalue weighted by molar-refractivity contribution is -0.139. The van der Waals surface area contributed by atoms with E-state index in [2.05, 4.69) is 5.32 Å². The van der Waals surface area contributed by atoms with Crippen LogP contribution in [-0.2, 0) is 14.8 Å². The van der Waals surface area contributed by atoms with E-state index in [1.807, 2.05) is 0 Å². The lowest BCUT2D eigenvalue weighted by Gasteiger charge is -2.12. The van der Waals surface area contributed by atoms with Gasteiger partial charge in [0, 0.05) is 14.1 Å². The molecule has 1 rings (SSSR count). The maximum Gasteiger partial charge on any atom is 0.326 e. The second kappa shape index (κ2) is 6.72. The molecule has 0 saturated carbocycles. The summed E-state index contributed by atoms with van der Waals surface area (Å²) in [5.41, 5.74) is 0. The summed E-state index contributed by atoms with van der Waals surface area (Å²) in [5, 5.41) is 10.9. The fourth-order valence-electron chi connectivity index (χ4n) is 1.54. The zero-order valence-electron chi connectivity index (χ0n) is 12.0. The molecule has 0 aliphatic heterocycles. The lowest BCUT2D eigenvalue weighted by Crippen LogP contribution is -2.40. The summed E-state index contributed by atoms with van der Waals surface area (Å²) in [7, 11) is -1.11. The number of furan rings is 1. The molecule has 118 valence electrons. The van der Waals surface area contributed by atoms with Crippen LogP contribution in [-0.4, -0.2) is 49.8 Å². The monoisotopic (exact) mass is 318 g/mol. The van der Waals surface area contributed by atoms with Crippen LogP contribution in [0.4, 0.5) is 0 Å². The Labute approximate surface area is 122 Å². The molecule has 1 amide bonds. The van der Waals surface area contributed by atoms with Crippen molar-refractivity contribution in [3.05, 3.63) is 17.9 Å². The van der Waals surface area contributed by atoms with E-state index in [9.17, 15) is 18.0 Å². The molecule has 0 bridgehead atoms. The van der Waals surface area contributed by atoms with Gasteiger partial charge in [0.1, 0.15) is 6.04 Å². The Bertz CT molecular complexity index is 619. The summed E-state index contributed by atoms with van der Waals surface area (Å²) in [4.78, 5) is 22.8. The van der Waals surface area contributed by atoms with Crippen LogP contribution in [0.15, 0.2) is 21.6 Å². The lowest BCUT2D eigenvalue weighted by atomic mass is 10.1. The van der Waals surface area contributed by atoms with Gasteiger partial charge in [-0.2, -0.15) is 0 Å². The largest absolute Gasteiger partial charge is 0.480 e. The third-order valence-electron chi connectivity index (χ3n) is 2.72. The van der Waals surface area contributed by atoms with Crippen molar-refractivity contribution in [3.8, 4) is 0 Å². The quantitative estimate of drug-likeness (QED) is 0.756. The molecule has 0 fully saturated rings. The Balaban J connectivity index is 2.91. The number of hydrogen-bond donors (Lipinski definition) is 2. The molecule has 0 aromatic carbocycles. The molecule has 0 saturated heterocycles. The maximum atomic E-state index is 11.9. The van der Waals surface area contributed by atoms with Crippen molar-refractivity contribution in [2.24, 2.45) is 0 Å². The van der Waals surface area contributed by atoms with E-state index in [1.54, 1.807) is 6.92 Å².